The first-order valence-electron chi connectivity index (χ1n) is 5.85. The van der Waals surface area contributed by atoms with Gasteiger partial charge in [-0.25, -0.2) is 4.98 Å². The molecule has 0 bridgehead atoms. The van der Waals surface area contributed by atoms with Gasteiger partial charge in [0.2, 0.25) is 0 Å². The van der Waals surface area contributed by atoms with Crippen LogP contribution < -0.4 is 10.5 Å². The standard InChI is InChI=1S/C15H12N2OS/c16-15-17-14(10-19-15)11-5-4-8-13(9-11)18-12-6-2-1-3-7-12/h1-10H,(H2,16,17). The monoisotopic (exact) mass is 268 g/mol. The lowest BCUT2D eigenvalue weighted by molar-refractivity contribution is 0.483. The van der Waals surface area contributed by atoms with Crippen LogP contribution in [-0.4, -0.2) is 4.98 Å². The summed E-state index contributed by atoms with van der Waals surface area (Å²) in [5.74, 6) is 1.60. The van der Waals surface area contributed by atoms with Gasteiger partial charge in [-0.3, -0.25) is 0 Å². The maximum atomic E-state index is 5.79. The summed E-state index contributed by atoms with van der Waals surface area (Å²) < 4.78 is 5.79. The van der Waals surface area contributed by atoms with E-state index in [2.05, 4.69) is 4.98 Å². The van der Waals surface area contributed by atoms with E-state index in [1.165, 1.54) is 11.3 Å². The van der Waals surface area contributed by atoms with Gasteiger partial charge in [-0.1, -0.05) is 30.3 Å². The maximum Gasteiger partial charge on any atom is 0.180 e. The molecular formula is C15H12N2OS. The second-order valence-electron chi connectivity index (χ2n) is 4.01. The summed E-state index contributed by atoms with van der Waals surface area (Å²) in [4.78, 5) is 4.27. The van der Waals surface area contributed by atoms with Crippen LogP contribution in [0.2, 0.25) is 0 Å². The molecule has 0 spiro atoms. The average Bonchev–Trinajstić information content (AvgIpc) is 2.87. The number of nitrogens with two attached hydrogens (primary N) is 1. The molecule has 0 unspecified atom stereocenters. The molecule has 3 nitrogen and oxygen atoms in total. The van der Waals surface area contributed by atoms with Gasteiger partial charge in [0, 0.05) is 10.9 Å². The molecule has 0 fully saturated rings. The predicted molar refractivity (Wildman–Crippen MR) is 78.5 cm³/mol. The van der Waals surface area contributed by atoms with Gasteiger partial charge in [0.05, 0.1) is 5.69 Å². The molecule has 0 radical (unpaired) electrons. The lowest BCUT2D eigenvalue weighted by Crippen LogP contribution is -1.86. The summed E-state index contributed by atoms with van der Waals surface area (Å²) >= 11 is 1.43. The molecule has 0 aliphatic rings. The normalized spacial score (nSPS) is 10.3. The lowest BCUT2D eigenvalue weighted by atomic mass is 10.1. The van der Waals surface area contributed by atoms with Crippen molar-refractivity contribution in [2.45, 2.75) is 0 Å². The molecule has 3 rings (SSSR count). The summed E-state index contributed by atoms with van der Waals surface area (Å²) in [5, 5.41) is 2.51. The average molecular weight is 268 g/mol. The Morgan fingerprint density at radius 2 is 1.74 bits per heavy atom. The molecule has 1 aromatic heterocycles. The SMILES string of the molecule is Nc1nc(-c2cccc(Oc3ccccc3)c2)cs1. The summed E-state index contributed by atoms with van der Waals surface area (Å²) in [6.45, 7) is 0. The minimum Gasteiger partial charge on any atom is -0.457 e. The Morgan fingerprint density at radius 3 is 2.47 bits per heavy atom. The van der Waals surface area contributed by atoms with Gasteiger partial charge in [0.1, 0.15) is 11.5 Å². The molecule has 2 N–H and O–H groups in total. The van der Waals surface area contributed by atoms with Crippen LogP contribution in [-0.2, 0) is 0 Å². The number of rotatable bonds is 3. The highest BCUT2D eigenvalue weighted by atomic mass is 32.1. The van der Waals surface area contributed by atoms with Crippen LogP contribution >= 0.6 is 11.3 Å². The van der Waals surface area contributed by atoms with Gasteiger partial charge in [-0.2, -0.15) is 0 Å². The van der Waals surface area contributed by atoms with Crippen molar-refractivity contribution in [2.75, 3.05) is 5.73 Å². The molecule has 0 aliphatic carbocycles. The van der Waals surface area contributed by atoms with Crippen LogP contribution in [0.25, 0.3) is 11.3 Å². The molecule has 4 heteroatoms. The van der Waals surface area contributed by atoms with E-state index in [0.29, 0.717) is 5.13 Å². The Morgan fingerprint density at radius 1 is 0.947 bits per heavy atom. The van der Waals surface area contributed by atoms with E-state index in [0.717, 1.165) is 22.8 Å². The summed E-state index contributed by atoms with van der Waals surface area (Å²) in [6.07, 6.45) is 0. The van der Waals surface area contributed by atoms with Crippen LogP contribution in [0.4, 0.5) is 5.13 Å². The Kier molecular flexibility index (Phi) is 3.16. The van der Waals surface area contributed by atoms with Crippen molar-refractivity contribution >= 4 is 16.5 Å². The topological polar surface area (TPSA) is 48.1 Å². The number of hydrogen-bond donors (Lipinski definition) is 1. The Labute approximate surface area is 115 Å². The largest absolute Gasteiger partial charge is 0.457 e. The lowest BCUT2D eigenvalue weighted by Gasteiger charge is -2.06. The fourth-order valence-electron chi connectivity index (χ4n) is 1.76. The number of aromatic nitrogens is 1. The number of benzene rings is 2. The number of ether oxygens (including phenoxy) is 1. The van der Waals surface area contributed by atoms with E-state index in [1.807, 2.05) is 60.0 Å². The van der Waals surface area contributed by atoms with Crippen molar-refractivity contribution in [2.24, 2.45) is 0 Å². The van der Waals surface area contributed by atoms with Crippen LogP contribution in [0.1, 0.15) is 0 Å². The van der Waals surface area contributed by atoms with Gasteiger partial charge in [0.25, 0.3) is 0 Å². The molecule has 0 aliphatic heterocycles. The zero-order valence-corrected chi connectivity index (χ0v) is 10.9. The van der Waals surface area contributed by atoms with Gasteiger partial charge >= 0.3 is 0 Å². The molecule has 0 saturated heterocycles. The van der Waals surface area contributed by atoms with Crippen molar-refractivity contribution in [1.29, 1.82) is 0 Å². The number of para-hydroxylation sites is 1. The van der Waals surface area contributed by atoms with E-state index in [-0.39, 0.29) is 0 Å². The highest BCUT2D eigenvalue weighted by Gasteiger charge is 2.04. The molecule has 3 aromatic rings. The maximum absolute atomic E-state index is 5.79. The molecular weight excluding hydrogens is 256 g/mol. The van der Waals surface area contributed by atoms with Crippen LogP contribution in [0, 0.1) is 0 Å². The summed E-state index contributed by atoms with van der Waals surface area (Å²) in [7, 11) is 0. The predicted octanol–water partition coefficient (Wildman–Crippen LogP) is 4.18. The van der Waals surface area contributed by atoms with Crippen molar-refractivity contribution < 1.29 is 4.74 Å². The van der Waals surface area contributed by atoms with E-state index in [9.17, 15) is 0 Å². The number of nitrogens with zero attached hydrogens (tertiary/aromatic N) is 1. The minimum absolute atomic E-state index is 0.574. The second kappa shape index (κ2) is 5.12. The van der Waals surface area contributed by atoms with E-state index < -0.39 is 0 Å². The molecule has 94 valence electrons. The van der Waals surface area contributed by atoms with Crippen LogP contribution in [0.3, 0.4) is 0 Å². The van der Waals surface area contributed by atoms with Gasteiger partial charge < -0.3 is 10.5 Å². The fourth-order valence-corrected chi connectivity index (χ4v) is 2.34. The van der Waals surface area contributed by atoms with Crippen molar-refractivity contribution in [3.8, 4) is 22.8 Å². The van der Waals surface area contributed by atoms with Crippen molar-refractivity contribution in [1.82, 2.24) is 4.98 Å². The third kappa shape index (κ3) is 2.74. The van der Waals surface area contributed by atoms with Crippen molar-refractivity contribution in [3.05, 3.63) is 60.0 Å². The first kappa shape index (κ1) is 11.7. The van der Waals surface area contributed by atoms with E-state index >= 15 is 0 Å². The molecule has 0 amide bonds. The van der Waals surface area contributed by atoms with Crippen molar-refractivity contribution in [3.63, 3.8) is 0 Å². The first-order chi connectivity index (χ1) is 9.31. The first-order valence-corrected chi connectivity index (χ1v) is 6.73. The second-order valence-corrected chi connectivity index (χ2v) is 4.90. The Hall–Kier alpha value is -2.33. The molecule has 1 heterocycles. The zero-order valence-electron chi connectivity index (χ0n) is 10.1. The highest BCUT2D eigenvalue weighted by molar-refractivity contribution is 7.13. The smallest absolute Gasteiger partial charge is 0.180 e. The fraction of sp³-hybridized carbons (Fsp3) is 0. The molecule has 2 aromatic carbocycles. The van der Waals surface area contributed by atoms with E-state index in [1.54, 1.807) is 0 Å². The van der Waals surface area contributed by atoms with E-state index in [4.69, 9.17) is 10.5 Å². The Balaban J connectivity index is 1.88. The highest BCUT2D eigenvalue weighted by Crippen LogP contribution is 2.28. The number of nitrogen functional groups attached to an aromatic ring is 1. The Bertz CT molecular complexity index is 679. The van der Waals surface area contributed by atoms with Gasteiger partial charge in [0.15, 0.2) is 5.13 Å². The third-order valence-electron chi connectivity index (χ3n) is 2.63. The third-order valence-corrected chi connectivity index (χ3v) is 3.30. The zero-order chi connectivity index (χ0) is 13.1. The number of thiazole rings is 1. The molecule has 19 heavy (non-hydrogen) atoms. The van der Waals surface area contributed by atoms with Crippen LogP contribution in [0.15, 0.2) is 60.0 Å². The van der Waals surface area contributed by atoms with Gasteiger partial charge in [-0.05, 0) is 24.3 Å². The summed E-state index contributed by atoms with van der Waals surface area (Å²) in [6, 6.07) is 17.5. The minimum atomic E-state index is 0.574. The number of hydrogen-bond acceptors (Lipinski definition) is 4. The molecule has 0 saturated carbocycles. The summed E-state index contributed by atoms with van der Waals surface area (Å²) in [5.41, 5.74) is 7.53. The molecule has 0 atom stereocenters. The van der Waals surface area contributed by atoms with Crippen LogP contribution in [0.5, 0.6) is 11.5 Å². The van der Waals surface area contributed by atoms with Gasteiger partial charge in [-0.15, -0.1) is 11.3 Å². The number of anilines is 1. The quantitative estimate of drug-likeness (QED) is 0.775.